The first-order chi connectivity index (χ1) is 6.60. The van der Waals surface area contributed by atoms with E-state index in [2.05, 4.69) is 15.9 Å². The molecule has 0 saturated carbocycles. The first kappa shape index (κ1) is 11.2. The third kappa shape index (κ3) is 2.15. The Morgan fingerprint density at radius 3 is 2.57 bits per heavy atom. The summed E-state index contributed by atoms with van der Waals surface area (Å²) in [5.41, 5.74) is 1.78. The largest absolute Gasteiger partial charge is 0.497 e. The Morgan fingerprint density at radius 1 is 1.50 bits per heavy atom. The average molecular weight is 257 g/mol. The third-order valence-electron chi connectivity index (χ3n) is 2.14. The summed E-state index contributed by atoms with van der Waals surface area (Å²) in [5.74, 6) is 0.778. The van der Waals surface area contributed by atoms with Crippen LogP contribution in [-0.4, -0.2) is 12.9 Å². The second kappa shape index (κ2) is 4.60. The number of methoxy groups -OCH3 is 1. The van der Waals surface area contributed by atoms with E-state index >= 15 is 0 Å². The first-order valence-corrected chi connectivity index (χ1v) is 5.26. The van der Waals surface area contributed by atoms with Gasteiger partial charge in [-0.1, -0.05) is 22.9 Å². The molecule has 0 aliphatic heterocycles. The molecular formula is C11H13BrO2. The van der Waals surface area contributed by atoms with Crippen molar-refractivity contribution in [3.63, 3.8) is 0 Å². The zero-order valence-corrected chi connectivity index (χ0v) is 10.1. The predicted molar refractivity (Wildman–Crippen MR) is 60.1 cm³/mol. The zero-order chi connectivity index (χ0) is 10.7. The molecule has 1 rings (SSSR count). The smallest absolute Gasteiger partial charge is 0.160 e. The van der Waals surface area contributed by atoms with Gasteiger partial charge < -0.3 is 4.74 Å². The molecule has 1 aromatic carbocycles. The summed E-state index contributed by atoms with van der Waals surface area (Å²) in [7, 11) is 1.59. The van der Waals surface area contributed by atoms with Gasteiger partial charge in [0.1, 0.15) is 5.75 Å². The van der Waals surface area contributed by atoms with Crippen LogP contribution in [0.5, 0.6) is 5.75 Å². The van der Waals surface area contributed by atoms with E-state index in [1.807, 2.05) is 13.0 Å². The van der Waals surface area contributed by atoms with Crippen LogP contribution in [0.4, 0.5) is 0 Å². The number of hydrogen-bond donors (Lipinski definition) is 0. The minimum Gasteiger partial charge on any atom is -0.497 e. The second-order valence-corrected chi connectivity index (χ2v) is 3.90. The molecule has 0 radical (unpaired) electrons. The summed E-state index contributed by atoms with van der Waals surface area (Å²) in [6.45, 7) is 3.60. The predicted octanol–water partition coefficient (Wildman–Crippen LogP) is 3.22. The highest BCUT2D eigenvalue weighted by Crippen LogP contribution is 2.27. The number of ketones is 1. The van der Waals surface area contributed by atoms with Crippen molar-refractivity contribution in [3.05, 3.63) is 27.7 Å². The monoisotopic (exact) mass is 256 g/mol. The Balaban J connectivity index is 3.35. The van der Waals surface area contributed by atoms with Crippen molar-refractivity contribution in [1.29, 1.82) is 0 Å². The molecule has 0 amide bonds. The average Bonchev–Trinajstić information content (AvgIpc) is 2.16. The van der Waals surface area contributed by atoms with E-state index in [-0.39, 0.29) is 5.78 Å². The summed E-state index contributed by atoms with van der Waals surface area (Å²) in [6.07, 6.45) is 0.833. The highest BCUT2D eigenvalue weighted by Gasteiger charge is 2.11. The molecule has 0 N–H and O–H groups in total. The lowest BCUT2D eigenvalue weighted by molar-refractivity contribution is 0.101. The van der Waals surface area contributed by atoms with Crippen LogP contribution >= 0.6 is 15.9 Å². The topological polar surface area (TPSA) is 26.3 Å². The maximum atomic E-state index is 11.4. The summed E-state index contributed by atoms with van der Waals surface area (Å²) >= 11 is 3.44. The molecule has 2 nitrogen and oxygen atoms in total. The fraction of sp³-hybridized carbons (Fsp3) is 0.364. The number of Topliss-reactive ketones (excluding diaryl/α,β-unsaturated/α-hetero) is 1. The number of benzene rings is 1. The lowest BCUT2D eigenvalue weighted by atomic mass is 10.0. The molecule has 76 valence electrons. The molecule has 0 bridgehead atoms. The summed E-state index contributed by atoms with van der Waals surface area (Å²) in [4.78, 5) is 11.4. The van der Waals surface area contributed by atoms with Crippen LogP contribution in [-0.2, 0) is 6.42 Å². The van der Waals surface area contributed by atoms with Gasteiger partial charge in [-0.2, -0.15) is 0 Å². The Labute approximate surface area is 92.4 Å². The molecule has 3 heteroatoms. The summed E-state index contributed by atoms with van der Waals surface area (Å²) in [5, 5.41) is 0. The van der Waals surface area contributed by atoms with Gasteiger partial charge in [0.15, 0.2) is 5.78 Å². The van der Waals surface area contributed by atoms with Crippen molar-refractivity contribution in [2.75, 3.05) is 7.11 Å². The number of ether oxygens (including phenoxy) is 1. The van der Waals surface area contributed by atoms with Gasteiger partial charge in [0, 0.05) is 10.0 Å². The van der Waals surface area contributed by atoms with Gasteiger partial charge in [0.25, 0.3) is 0 Å². The Hall–Kier alpha value is -0.830. The molecule has 0 fully saturated rings. The van der Waals surface area contributed by atoms with Crippen molar-refractivity contribution < 1.29 is 9.53 Å². The number of carbonyl (C=O) groups excluding carboxylic acids is 1. The van der Waals surface area contributed by atoms with Crippen LogP contribution in [0, 0.1) is 0 Å². The standard InChI is InChI=1S/C11H13BrO2/c1-4-9-10(7(2)13)5-8(14-3)6-11(9)12/h5-6H,4H2,1-3H3. The Kier molecular flexibility index (Phi) is 3.69. The van der Waals surface area contributed by atoms with Crippen molar-refractivity contribution in [1.82, 2.24) is 0 Å². The van der Waals surface area contributed by atoms with Crippen molar-refractivity contribution in [3.8, 4) is 5.75 Å². The Bertz CT molecular complexity index is 359. The van der Waals surface area contributed by atoms with Crippen LogP contribution < -0.4 is 4.74 Å². The summed E-state index contributed by atoms with van der Waals surface area (Å²) in [6, 6.07) is 3.66. The van der Waals surface area contributed by atoms with E-state index in [0.29, 0.717) is 5.75 Å². The van der Waals surface area contributed by atoms with E-state index in [1.165, 1.54) is 0 Å². The van der Waals surface area contributed by atoms with Crippen LogP contribution in [0.25, 0.3) is 0 Å². The van der Waals surface area contributed by atoms with Crippen molar-refractivity contribution >= 4 is 21.7 Å². The summed E-state index contributed by atoms with van der Waals surface area (Å²) < 4.78 is 6.04. The fourth-order valence-electron chi connectivity index (χ4n) is 1.40. The van der Waals surface area contributed by atoms with Crippen LogP contribution in [0.1, 0.15) is 29.8 Å². The quantitative estimate of drug-likeness (QED) is 0.777. The van der Waals surface area contributed by atoms with Gasteiger partial charge in [-0.05, 0) is 31.0 Å². The van der Waals surface area contributed by atoms with Gasteiger partial charge >= 0.3 is 0 Å². The first-order valence-electron chi connectivity index (χ1n) is 4.47. The Morgan fingerprint density at radius 2 is 2.14 bits per heavy atom. The maximum Gasteiger partial charge on any atom is 0.160 e. The minimum atomic E-state index is 0.0708. The number of rotatable bonds is 3. The minimum absolute atomic E-state index is 0.0708. The molecule has 0 unspecified atom stereocenters. The van der Waals surface area contributed by atoms with E-state index in [1.54, 1.807) is 20.1 Å². The zero-order valence-electron chi connectivity index (χ0n) is 8.56. The molecule has 0 spiro atoms. The lowest BCUT2D eigenvalue weighted by Gasteiger charge is -2.09. The number of carbonyl (C=O) groups is 1. The van der Waals surface area contributed by atoms with Gasteiger partial charge in [-0.25, -0.2) is 0 Å². The number of hydrogen-bond acceptors (Lipinski definition) is 2. The molecular weight excluding hydrogens is 244 g/mol. The van der Waals surface area contributed by atoms with Gasteiger partial charge in [-0.3, -0.25) is 4.79 Å². The highest BCUT2D eigenvalue weighted by atomic mass is 79.9. The van der Waals surface area contributed by atoms with Crippen molar-refractivity contribution in [2.24, 2.45) is 0 Å². The molecule has 0 aromatic heterocycles. The third-order valence-corrected chi connectivity index (χ3v) is 2.85. The van der Waals surface area contributed by atoms with Crippen LogP contribution in [0.15, 0.2) is 16.6 Å². The van der Waals surface area contributed by atoms with Crippen LogP contribution in [0.2, 0.25) is 0 Å². The van der Waals surface area contributed by atoms with E-state index in [4.69, 9.17) is 4.74 Å². The molecule has 0 saturated heterocycles. The normalized spacial score (nSPS) is 10.0. The van der Waals surface area contributed by atoms with Crippen LogP contribution in [0.3, 0.4) is 0 Å². The fourth-order valence-corrected chi connectivity index (χ4v) is 2.12. The SMILES string of the molecule is CCc1c(Br)cc(OC)cc1C(C)=O. The molecule has 0 atom stereocenters. The van der Waals surface area contributed by atoms with Gasteiger partial charge in [0.05, 0.1) is 7.11 Å². The lowest BCUT2D eigenvalue weighted by Crippen LogP contribution is -2.00. The number of halogens is 1. The van der Waals surface area contributed by atoms with Gasteiger partial charge in [0.2, 0.25) is 0 Å². The maximum absolute atomic E-state index is 11.4. The molecule has 0 aliphatic carbocycles. The van der Waals surface area contributed by atoms with E-state index in [9.17, 15) is 4.79 Å². The van der Waals surface area contributed by atoms with Gasteiger partial charge in [-0.15, -0.1) is 0 Å². The second-order valence-electron chi connectivity index (χ2n) is 3.05. The highest BCUT2D eigenvalue weighted by molar-refractivity contribution is 9.10. The molecule has 1 aromatic rings. The van der Waals surface area contributed by atoms with E-state index < -0.39 is 0 Å². The van der Waals surface area contributed by atoms with E-state index in [0.717, 1.165) is 22.0 Å². The molecule has 0 heterocycles. The molecule has 14 heavy (non-hydrogen) atoms. The molecule has 0 aliphatic rings. The van der Waals surface area contributed by atoms with Crippen molar-refractivity contribution in [2.45, 2.75) is 20.3 Å².